The number of nitrogens with one attached hydrogen (secondary N) is 1. The van der Waals surface area contributed by atoms with Crippen molar-refractivity contribution >= 4 is 17.2 Å². The number of hydrogen-bond acceptors (Lipinski definition) is 5. The van der Waals surface area contributed by atoms with Gasteiger partial charge in [-0.15, -0.1) is 16.4 Å². The Hall–Kier alpha value is -1.89. The summed E-state index contributed by atoms with van der Waals surface area (Å²) >= 11 is 1.43. The van der Waals surface area contributed by atoms with Gasteiger partial charge in [-0.25, -0.2) is 4.79 Å². The maximum Gasteiger partial charge on any atom is 0.437 e. The van der Waals surface area contributed by atoms with Gasteiger partial charge >= 0.3 is 5.76 Å². The summed E-state index contributed by atoms with van der Waals surface area (Å²) in [5.74, 6) is -0.585. The first-order valence-electron chi connectivity index (χ1n) is 7.51. The molecule has 1 N–H and O–H groups in total. The SMILES string of the molecule is CCCCC[C@H](C)NC(=O)Cn1nc(-c2cccs2)oc1=O. The number of nitrogens with zero attached hydrogens (tertiary/aromatic N) is 2. The molecular weight excluding hydrogens is 302 g/mol. The van der Waals surface area contributed by atoms with E-state index in [1.54, 1.807) is 0 Å². The number of unbranched alkanes of at least 4 members (excludes halogenated alkanes) is 2. The van der Waals surface area contributed by atoms with E-state index in [1.807, 2.05) is 24.4 Å². The number of aromatic nitrogens is 2. The molecule has 2 aromatic heterocycles. The van der Waals surface area contributed by atoms with E-state index < -0.39 is 5.76 Å². The zero-order valence-corrected chi connectivity index (χ0v) is 13.7. The average molecular weight is 323 g/mol. The van der Waals surface area contributed by atoms with Crippen molar-refractivity contribution in [1.29, 1.82) is 0 Å². The molecule has 0 aromatic carbocycles. The quantitative estimate of drug-likeness (QED) is 0.758. The van der Waals surface area contributed by atoms with E-state index in [-0.39, 0.29) is 24.4 Å². The van der Waals surface area contributed by atoms with Crippen LogP contribution in [0.3, 0.4) is 0 Å². The highest BCUT2D eigenvalue weighted by atomic mass is 32.1. The maximum absolute atomic E-state index is 12.0. The van der Waals surface area contributed by atoms with Gasteiger partial charge in [0.25, 0.3) is 5.89 Å². The van der Waals surface area contributed by atoms with Crippen molar-refractivity contribution in [2.24, 2.45) is 0 Å². The Morgan fingerprint density at radius 2 is 2.32 bits per heavy atom. The van der Waals surface area contributed by atoms with Gasteiger partial charge in [0.05, 0.1) is 4.88 Å². The van der Waals surface area contributed by atoms with Crippen molar-refractivity contribution < 1.29 is 9.21 Å². The van der Waals surface area contributed by atoms with Crippen LogP contribution in [-0.2, 0) is 11.3 Å². The van der Waals surface area contributed by atoms with Gasteiger partial charge in [0, 0.05) is 6.04 Å². The molecule has 6 nitrogen and oxygen atoms in total. The van der Waals surface area contributed by atoms with Gasteiger partial charge in [0.15, 0.2) is 0 Å². The second-order valence-corrected chi connectivity index (χ2v) is 6.22. The Morgan fingerprint density at radius 3 is 3.00 bits per heavy atom. The summed E-state index contributed by atoms with van der Waals surface area (Å²) < 4.78 is 6.13. The lowest BCUT2D eigenvalue weighted by Gasteiger charge is -2.13. The van der Waals surface area contributed by atoms with E-state index in [1.165, 1.54) is 11.3 Å². The third-order valence-electron chi connectivity index (χ3n) is 3.28. The molecule has 1 atom stereocenters. The van der Waals surface area contributed by atoms with Crippen LogP contribution in [0.5, 0.6) is 0 Å². The van der Waals surface area contributed by atoms with Crippen molar-refractivity contribution in [1.82, 2.24) is 15.1 Å². The normalized spacial score (nSPS) is 12.3. The topological polar surface area (TPSA) is 77.1 Å². The fourth-order valence-corrected chi connectivity index (χ4v) is 2.78. The monoisotopic (exact) mass is 323 g/mol. The smallest absolute Gasteiger partial charge is 0.387 e. The zero-order chi connectivity index (χ0) is 15.9. The van der Waals surface area contributed by atoms with Gasteiger partial charge in [-0.1, -0.05) is 32.3 Å². The minimum absolute atomic E-state index is 0.0958. The summed E-state index contributed by atoms with van der Waals surface area (Å²) in [5, 5.41) is 8.82. The number of rotatable bonds is 8. The molecule has 0 bridgehead atoms. The van der Waals surface area contributed by atoms with Crippen LogP contribution in [0.4, 0.5) is 0 Å². The standard InChI is InChI=1S/C15H21N3O3S/c1-3-4-5-7-11(2)16-13(19)10-18-15(20)21-14(17-18)12-8-6-9-22-12/h6,8-9,11H,3-5,7,10H2,1-2H3,(H,16,19)/t11-/m0/s1. The Labute approximate surface area is 133 Å². The van der Waals surface area contributed by atoms with Crippen LogP contribution in [0.15, 0.2) is 26.7 Å². The van der Waals surface area contributed by atoms with Gasteiger partial charge in [-0.3, -0.25) is 4.79 Å². The van der Waals surface area contributed by atoms with E-state index in [9.17, 15) is 9.59 Å². The first kappa shape index (κ1) is 16.5. The Morgan fingerprint density at radius 1 is 1.50 bits per heavy atom. The maximum atomic E-state index is 12.0. The summed E-state index contributed by atoms with van der Waals surface area (Å²) in [4.78, 5) is 24.4. The van der Waals surface area contributed by atoms with E-state index in [0.29, 0.717) is 0 Å². The Kier molecular flexibility index (Phi) is 5.94. The van der Waals surface area contributed by atoms with E-state index >= 15 is 0 Å². The summed E-state index contributed by atoms with van der Waals surface area (Å²) in [6, 6.07) is 3.76. The van der Waals surface area contributed by atoms with Crippen molar-refractivity contribution in [2.75, 3.05) is 0 Å². The number of carbonyl (C=O) groups is 1. The van der Waals surface area contributed by atoms with E-state index in [2.05, 4.69) is 17.3 Å². The summed E-state index contributed by atoms with van der Waals surface area (Å²) in [5.41, 5.74) is 0. The fraction of sp³-hybridized carbons (Fsp3) is 0.533. The van der Waals surface area contributed by atoms with Crippen LogP contribution in [-0.4, -0.2) is 21.7 Å². The highest BCUT2D eigenvalue weighted by Crippen LogP contribution is 2.20. The van der Waals surface area contributed by atoms with Crippen molar-refractivity contribution in [3.63, 3.8) is 0 Å². The van der Waals surface area contributed by atoms with Crippen LogP contribution in [0.25, 0.3) is 10.8 Å². The van der Waals surface area contributed by atoms with Gasteiger partial charge in [0.1, 0.15) is 6.54 Å². The molecule has 22 heavy (non-hydrogen) atoms. The molecule has 0 aliphatic heterocycles. The molecule has 0 saturated carbocycles. The van der Waals surface area contributed by atoms with Crippen molar-refractivity contribution in [2.45, 2.75) is 52.1 Å². The summed E-state index contributed by atoms with van der Waals surface area (Å²) in [6.45, 7) is 3.99. The molecular formula is C15H21N3O3S. The predicted molar refractivity (Wildman–Crippen MR) is 85.8 cm³/mol. The average Bonchev–Trinajstić information content (AvgIpc) is 3.09. The Balaban J connectivity index is 1.90. The summed E-state index contributed by atoms with van der Waals surface area (Å²) in [6.07, 6.45) is 4.34. The largest absolute Gasteiger partial charge is 0.437 e. The number of carbonyl (C=O) groups excluding carboxylic acids is 1. The summed E-state index contributed by atoms with van der Waals surface area (Å²) in [7, 11) is 0. The molecule has 0 saturated heterocycles. The molecule has 0 spiro atoms. The number of amides is 1. The highest BCUT2D eigenvalue weighted by Gasteiger charge is 2.14. The second-order valence-electron chi connectivity index (χ2n) is 5.27. The van der Waals surface area contributed by atoms with Crippen LogP contribution < -0.4 is 11.1 Å². The molecule has 2 rings (SSSR count). The van der Waals surface area contributed by atoms with Crippen LogP contribution in [0, 0.1) is 0 Å². The lowest BCUT2D eigenvalue weighted by molar-refractivity contribution is -0.122. The van der Waals surface area contributed by atoms with Crippen LogP contribution >= 0.6 is 11.3 Å². The predicted octanol–water partition coefficient (Wildman–Crippen LogP) is 2.65. The van der Waals surface area contributed by atoms with Crippen LogP contribution in [0.1, 0.15) is 39.5 Å². The molecule has 2 heterocycles. The molecule has 0 aliphatic carbocycles. The molecule has 1 amide bonds. The molecule has 0 fully saturated rings. The minimum atomic E-state index is -0.614. The fourth-order valence-electron chi connectivity index (χ4n) is 2.14. The zero-order valence-electron chi connectivity index (χ0n) is 12.9. The van der Waals surface area contributed by atoms with E-state index in [4.69, 9.17) is 4.42 Å². The van der Waals surface area contributed by atoms with Gasteiger partial charge in [-0.05, 0) is 24.8 Å². The number of hydrogen-bond donors (Lipinski definition) is 1. The molecule has 7 heteroatoms. The number of thiophene rings is 1. The molecule has 0 unspecified atom stereocenters. The van der Waals surface area contributed by atoms with Crippen molar-refractivity contribution in [3.05, 3.63) is 28.1 Å². The van der Waals surface area contributed by atoms with Gasteiger partial charge in [0.2, 0.25) is 5.91 Å². The molecule has 0 aliphatic rings. The molecule has 0 radical (unpaired) electrons. The lowest BCUT2D eigenvalue weighted by Crippen LogP contribution is -2.37. The molecule has 120 valence electrons. The minimum Gasteiger partial charge on any atom is -0.387 e. The van der Waals surface area contributed by atoms with Crippen molar-refractivity contribution in [3.8, 4) is 10.8 Å². The first-order chi connectivity index (χ1) is 10.6. The Bertz CT molecular complexity index is 645. The van der Waals surface area contributed by atoms with Gasteiger partial charge in [-0.2, -0.15) is 4.68 Å². The van der Waals surface area contributed by atoms with Gasteiger partial charge < -0.3 is 9.73 Å². The van der Waals surface area contributed by atoms with E-state index in [0.717, 1.165) is 35.2 Å². The third kappa shape index (κ3) is 4.56. The molecule has 2 aromatic rings. The lowest BCUT2D eigenvalue weighted by atomic mass is 10.1. The third-order valence-corrected chi connectivity index (χ3v) is 4.14. The highest BCUT2D eigenvalue weighted by molar-refractivity contribution is 7.13. The van der Waals surface area contributed by atoms with Crippen LogP contribution in [0.2, 0.25) is 0 Å². The first-order valence-corrected chi connectivity index (χ1v) is 8.39. The second kappa shape index (κ2) is 7.93.